The van der Waals surface area contributed by atoms with Gasteiger partial charge in [-0.05, 0) is 57.0 Å². The van der Waals surface area contributed by atoms with Crippen LogP contribution in [0, 0.1) is 19.7 Å². The molecule has 5 rings (SSSR count). The second-order valence-corrected chi connectivity index (χ2v) is 10.4. The van der Waals surface area contributed by atoms with Crippen LogP contribution in [-0.2, 0) is 15.6 Å². The van der Waals surface area contributed by atoms with E-state index in [1.165, 1.54) is 10.2 Å². The van der Waals surface area contributed by atoms with Gasteiger partial charge in [0.05, 0.1) is 23.0 Å². The lowest BCUT2D eigenvalue weighted by Gasteiger charge is -2.34. The number of fused-ring (bicyclic) bond motifs is 4. The fourth-order valence-corrected chi connectivity index (χ4v) is 5.29. The molecule has 0 saturated carbocycles. The maximum Gasteiger partial charge on any atom is 0.236 e. The van der Waals surface area contributed by atoms with E-state index >= 15 is 4.39 Å². The Morgan fingerprint density at radius 1 is 1.13 bits per heavy atom. The molecule has 0 unspecified atom stereocenters. The second-order valence-electron chi connectivity index (χ2n) is 8.55. The van der Waals surface area contributed by atoms with Crippen molar-refractivity contribution in [1.29, 1.82) is 0 Å². The molecule has 7 nitrogen and oxygen atoms in total. The van der Waals surface area contributed by atoms with Crippen molar-refractivity contribution < 1.29 is 12.8 Å². The highest BCUT2D eigenvalue weighted by Crippen LogP contribution is 2.43. The van der Waals surface area contributed by atoms with Crippen molar-refractivity contribution in [2.75, 3.05) is 11.6 Å². The van der Waals surface area contributed by atoms with Crippen LogP contribution in [-0.4, -0.2) is 33.4 Å². The number of nitrogens with zero attached hydrogens (tertiary/aromatic N) is 4. The average molecular weight is 440 g/mol. The van der Waals surface area contributed by atoms with Crippen LogP contribution in [0.4, 0.5) is 10.1 Å². The summed E-state index contributed by atoms with van der Waals surface area (Å²) < 4.78 is 43.5. The molecule has 1 aliphatic rings. The highest BCUT2D eigenvalue weighted by molar-refractivity contribution is 7.89. The van der Waals surface area contributed by atoms with Gasteiger partial charge in [0.15, 0.2) is 11.6 Å². The first-order valence-corrected chi connectivity index (χ1v) is 11.7. The van der Waals surface area contributed by atoms with Crippen LogP contribution in [0.2, 0.25) is 0 Å². The van der Waals surface area contributed by atoms with Crippen LogP contribution in [0.15, 0.2) is 36.5 Å². The van der Waals surface area contributed by atoms with E-state index < -0.39 is 21.4 Å². The Labute approximate surface area is 179 Å². The minimum absolute atomic E-state index is 0.372. The first kappa shape index (κ1) is 19.7. The molecule has 0 aliphatic carbocycles. The lowest BCUT2D eigenvalue weighted by molar-refractivity contribution is 0.522. The van der Waals surface area contributed by atoms with Crippen LogP contribution in [0.25, 0.3) is 27.7 Å². The molecule has 1 N–H and O–H groups in total. The third kappa shape index (κ3) is 2.72. The fourth-order valence-electron chi connectivity index (χ4n) is 4.49. The molecule has 0 bridgehead atoms. The molecule has 0 amide bonds. The van der Waals surface area contributed by atoms with Crippen molar-refractivity contribution in [3.05, 3.63) is 59.6 Å². The third-order valence-corrected chi connectivity index (χ3v) is 6.85. The number of hydrogen-bond acceptors (Lipinski definition) is 5. The lowest BCUT2D eigenvalue weighted by Crippen LogP contribution is -2.36. The number of halogens is 1. The molecule has 9 heteroatoms. The Morgan fingerprint density at radius 3 is 2.58 bits per heavy atom. The van der Waals surface area contributed by atoms with Crippen molar-refractivity contribution in [3.63, 3.8) is 0 Å². The summed E-state index contributed by atoms with van der Waals surface area (Å²) >= 11 is 0. The largest absolute Gasteiger partial charge is 0.371 e. The van der Waals surface area contributed by atoms with Crippen molar-refractivity contribution >= 4 is 26.6 Å². The van der Waals surface area contributed by atoms with Gasteiger partial charge in [0.2, 0.25) is 10.0 Å². The normalized spacial score (nSPS) is 14.9. The number of anilines is 1. The highest BCUT2D eigenvalue weighted by Gasteiger charge is 2.37. The van der Waals surface area contributed by atoms with E-state index in [1.807, 2.05) is 32.9 Å². The number of nitrogens with one attached hydrogen (secondary N) is 1. The van der Waals surface area contributed by atoms with E-state index in [1.54, 1.807) is 29.7 Å². The van der Waals surface area contributed by atoms with Gasteiger partial charge in [-0.25, -0.2) is 16.8 Å². The predicted molar refractivity (Wildman–Crippen MR) is 119 cm³/mol. The average Bonchev–Trinajstić information content (AvgIpc) is 3.26. The van der Waals surface area contributed by atoms with Crippen LogP contribution >= 0.6 is 0 Å². The monoisotopic (exact) mass is 439 g/mol. The Kier molecular flexibility index (Phi) is 3.93. The van der Waals surface area contributed by atoms with Gasteiger partial charge in [-0.2, -0.15) is 0 Å². The molecule has 4 aromatic rings. The van der Waals surface area contributed by atoms with Crippen LogP contribution in [0.1, 0.15) is 31.1 Å². The number of hydrogen-bond donors (Lipinski definition) is 1. The minimum Gasteiger partial charge on any atom is -0.371 e. The molecule has 0 atom stereocenters. The van der Waals surface area contributed by atoms with Gasteiger partial charge >= 0.3 is 0 Å². The molecule has 3 heterocycles. The molecular formula is C22H22FN5O2S. The number of rotatable bonds is 2. The standard InChI is InChI=1S/C22H22FN5O2S/c1-12-11-16-20(28-13(2)25-26-21(28)22(3,4)24-16)19(23)18(12)15-7-6-8-17-14(15)9-10-27(17)31(5,29)30/h6-11,24H,1-5H3. The Morgan fingerprint density at radius 2 is 1.87 bits per heavy atom. The van der Waals surface area contributed by atoms with Gasteiger partial charge in [0.1, 0.15) is 11.5 Å². The molecule has 1 aliphatic heterocycles. The zero-order valence-corrected chi connectivity index (χ0v) is 18.7. The third-order valence-electron chi connectivity index (χ3n) is 5.82. The van der Waals surface area contributed by atoms with E-state index in [2.05, 4.69) is 15.5 Å². The predicted octanol–water partition coefficient (Wildman–Crippen LogP) is 4.11. The molecular weight excluding hydrogens is 417 g/mol. The molecule has 0 saturated heterocycles. The number of aryl methyl sites for hydroxylation is 2. The molecule has 0 spiro atoms. The maximum absolute atomic E-state index is 16.2. The smallest absolute Gasteiger partial charge is 0.236 e. The highest BCUT2D eigenvalue weighted by atomic mass is 32.2. The molecule has 2 aromatic heterocycles. The second kappa shape index (κ2) is 6.16. The summed E-state index contributed by atoms with van der Waals surface area (Å²) in [6, 6.07) is 8.91. The zero-order valence-electron chi connectivity index (χ0n) is 17.9. The van der Waals surface area contributed by atoms with E-state index in [0.717, 1.165) is 11.8 Å². The van der Waals surface area contributed by atoms with Crippen molar-refractivity contribution in [2.45, 2.75) is 33.2 Å². The van der Waals surface area contributed by atoms with Crippen molar-refractivity contribution in [2.24, 2.45) is 0 Å². The van der Waals surface area contributed by atoms with Gasteiger partial charge in [0.25, 0.3) is 0 Å². The van der Waals surface area contributed by atoms with E-state index in [-0.39, 0.29) is 0 Å². The van der Waals surface area contributed by atoms with Gasteiger partial charge in [-0.1, -0.05) is 12.1 Å². The summed E-state index contributed by atoms with van der Waals surface area (Å²) in [6.07, 6.45) is 2.65. The Balaban J connectivity index is 1.84. The summed E-state index contributed by atoms with van der Waals surface area (Å²) in [5.41, 5.74) is 2.84. The first-order chi connectivity index (χ1) is 14.5. The van der Waals surface area contributed by atoms with E-state index in [4.69, 9.17) is 0 Å². The summed E-state index contributed by atoms with van der Waals surface area (Å²) in [6.45, 7) is 7.61. The Bertz CT molecular complexity index is 1500. The summed E-state index contributed by atoms with van der Waals surface area (Å²) in [5, 5.41) is 12.5. The first-order valence-electron chi connectivity index (χ1n) is 9.86. The number of benzene rings is 2. The SMILES string of the molecule is Cc1cc2c(c(F)c1-c1cccc3c1ccn3S(C)(=O)=O)-n1c(C)nnc1C(C)(C)N2. The van der Waals surface area contributed by atoms with Crippen molar-refractivity contribution in [1.82, 2.24) is 18.7 Å². The van der Waals surface area contributed by atoms with Crippen LogP contribution in [0.3, 0.4) is 0 Å². The van der Waals surface area contributed by atoms with Crippen LogP contribution < -0.4 is 5.32 Å². The van der Waals surface area contributed by atoms with E-state index in [9.17, 15) is 8.42 Å². The Hall–Kier alpha value is -3.20. The molecule has 31 heavy (non-hydrogen) atoms. The maximum atomic E-state index is 16.2. The molecule has 0 fully saturated rings. The van der Waals surface area contributed by atoms with Gasteiger partial charge in [0, 0.05) is 17.1 Å². The van der Waals surface area contributed by atoms with Crippen molar-refractivity contribution in [3.8, 4) is 16.8 Å². The van der Waals surface area contributed by atoms with Crippen LogP contribution in [0.5, 0.6) is 0 Å². The molecule has 2 aromatic carbocycles. The molecule has 160 valence electrons. The minimum atomic E-state index is -3.48. The summed E-state index contributed by atoms with van der Waals surface area (Å²) in [4.78, 5) is 0. The molecule has 0 radical (unpaired) electrons. The fraction of sp³-hybridized carbons (Fsp3) is 0.273. The number of aromatic nitrogens is 4. The van der Waals surface area contributed by atoms with Gasteiger partial charge in [-0.15, -0.1) is 10.2 Å². The zero-order chi connectivity index (χ0) is 22.3. The summed E-state index contributed by atoms with van der Waals surface area (Å²) in [5.74, 6) is 0.829. The van der Waals surface area contributed by atoms with Gasteiger partial charge < -0.3 is 5.32 Å². The quantitative estimate of drug-likeness (QED) is 0.508. The summed E-state index contributed by atoms with van der Waals surface area (Å²) in [7, 11) is -3.48. The lowest BCUT2D eigenvalue weighted by atomic mass is 9.92. The topological polar surface area (TPSA) is 81.8 Å². The van der Waals surface area contributed by atoms with E-state index in [0.29, 0.717) is 45.1 Å². The van der Waals surface area contributed by atoms with Gasteiger partial charge in [-0.3, -0.25) is 4.57 Å².